The van der Waals surface area contributed by atoms with Crippen molar-refractivity contribution in [1.82, 2.24) is 40.4 Å². The smallest absolute Gasteiger partial charge is 0.407 e. The second kappa shape index (κ2) is 17.7. The number of ether oxygens (including phenoxy) is 3. The van der Waals surface area contributed by atoms with Gasteiger partial charge in [0.05, 0.1) is 55.8 Å². The monoisotopic (exact) mass is 870 g/mol. The molecule has 336 valence electrons. The van der Waals surface area contributed by atoms with Crippen LogP contribution in [0.15, 0.2) is 60.8 Å². The van der Waals surface area contributed by atoms with Gasteiger partial charge in [-0.1, -0.05) is 56.3 Å². The molecule has 2 aliphatic heterocycles. The van der Waals surface area contributed by atoms with Crippen molar-refractivity contribution in [3.63, 3.8) is 0 Å². The van der Waals surface area contributed by atoms with Crippen LogP contribution in [0.1, 0.15) is 106 Å². The van der Waals surface area contributed by atoms with Crippen LogP contribution >= 0.6 is 0 Å². The van der Waals surface area contributed by atoms with Crippen molar-refractivity contribution in [3.8, 4) is 33.5 Å². The van der Waals surface area contributed by atoms with Crippen molar-refractivity contribution in [1.29, 1.82) is 0 Å². The summed E-state index contributed by atoms with van der Waals surface area (Å²) in [6.07, 6.45) is 6.43. The van der Waals surface area contributed by atoms with Crippen LogP contribution in [-0.2, 0) is 23.8 Å². The second-order valence-electron chi connectivity index (χ2n) is 18.3. The van der Waals surface area contributed by atoms with E-state index in [1.807, 2.05) is 24.9 Å². The van der Waals surface area contributed by atoms with E-state index in [-0.39, 0.29) is 48.3 Å². The standard InChI is InChI=1S/C49H58N8O7/c1-26(2)44(55-49(61)64-6)47(59)57-27(3)7-18-39(57)46-52-36-17-14-31(21-37(36)53-46)35-16-15-34(42-32-12-13-33(20-32)43(35)42)29-8-10-30(11-9-29)38-22-50-45(54-38)40-19-28(25-62-4)24-56(40)41(58)23-51-48(60)63-5/h8-11,14-17,21-22,26-28,32-33,39-40,44H,7,12-13,18-20,23-25H2,1-6H3,(H,50,54)(H,51,60)(H,52,53)(H,55,61)/t27-,28-,32?,33?,39-,40-,44?/m0/s1. The van der Waals surface area contributed by atoms with Crippen LogP contribution in [0.2, 0.25) is 0 Å². The molecule has 3 fully saturated rings. The highest BCUT2D eigenvalue weighted by molar-refractivity contribution is 5.88. The third-order valence-corrected chi connectivity index (χ3v) is 14.1. The van der Waals surface area contributed by atoms with Crippen LogP contribution in [0.5, 0.6) is 0 Å². The summed E-state index contributed by atoms with van der Waals surface area (Å²) in [7, 11) is 4.24. The maximum absolute atomic E-state index is 14.0. The molecule has 7 atom stereocenters. The van der Waals surface area contributed by atoms with Crippen LogP contribution in [0.3, 0.4) is 0 Å². The molecule has 4 amide bonds. The van der Waals surface area contributed by atoms with Crippen LogP contribution < -0.4 is 10.6 Å². The molecular weight excluding hydrogens is 813 g/mol. The Morgan fingerprint density at radius 1 is 0.797 bits per heavy atom. The molecule has 9 rings (SSSR count). The summed E-state index contributed by atoms with van der Waals surface area (Å²) in [5, 5.41) is 5.26. The molecule has 4 N–H and O–H groups in total. The molecule has 0 spiro atoms. The first-order valence-electron chi connectivity index (χ1n) is 22.6. The Kier molecular flexibility index (Phi) is 11.9. The van der Waals surface area contributed by atoms with Crippen molar-refractivity contribution in [3.05, 3.63) is 83.6 Å². The highest BCUT2D eigenvalue weighted by atomic mass is 16.5. The van der Waals surface area contributed by atoms with Crippen LogP contribution in [-0.4, -0.2) is 107 Å². The Bertz CT molecular complexity index is 2570. The van der Waals surface area contributed by atoms with E-state index in [1.165, 1.54) is 61.3 Å². The van der Waals surface area contributed by atoms with Gasteiger partial charge in [-0.3, -0.25) is 9.59 Å². The van der Waals surface area contributed by atoms with Gasteiger partial charge in [0.15, 0.2) is 0 Å². The molecule has 3 unspecified atom stereocenters. The highest BCUT2D eigenvalue weighted by Gasteiger charge is 2.43. The number of rotatable bonds is 12. The lowest BCUT2D eigenvalue weighted by Crippen LogP contribution is -2.52. The second-order valence-corrected chi connectivity index (χ2v) is 18.3. The summed E-state index contributed by atoms with van der Waals surface area (Å²) in [6, 6.07) is 18.5. The molecule has 2 saturated heterocycles. The zero-order valence-corrected chi connectivity index (χ0v) is 37.4. The summed E-state index contributed by atoms with van der Waals surface area (Å²) in [5.41, 5.74) is 11.4. The SMILES string of the molecule is COC[C@H]1C[C@@H](c2ncc(-c3ccc(-c4ccc(-c5ccc6nc([C@@H]7CC[C@H](C)N7C(=O)C(NC(=O)OC)C(C)C)[nH]c6c5)c5c4C4CCC5C4)cc3)[nH]2)N(C(=O)CNC(=O)OC)C1. The first kappa shape index (κ1) is 43.1. The average Bonchev–Trinajstić information content (AvgIpc) is 4.18. The van der Waals surface area contributed by atoms with E-state index in [0.29, 0.717) is 37.2 Å². The van der Waals surface area contributed by atoms with E-state index in [2.05, 4.69) is 86.9 Å². The molecule has 2 aliphatic carbocycles. The number of amides is 4. The predicted molar refractivity (Wildman–Crippen MR) is 241 cm³/mol. The topological polar surface area (TPSA) is 184 Å². The van der Waals surface area contributed by atoms with Crippen molar-refractivity contribution < 1.29 is 33.4 Å². The molecule has 5 aromatic rings. The maximum Gasteiger partial charge on any atom is 0.407 e. The normalized spacial score (nSPS) is 22.9. The molecule has 64 heavy (non-hydrogen) atoms. The number of likely N-dealkylation sites (tertiary alicyclic amines) is 2. The van der Waals surface area contributed by atoms with Crippen molar-refractivity contribution in [2.24, 2.45) is 11.8 Å². The van der Waals surface area contributed by atoms with Crippen molar-refractivity contribution in [2.45, 2.75) is 95.3 Å². The van der Waals surface area contributed by atoms with Gasteiger partial charge in [-0.25, -0.2) is 19.6 Å². The first-order valence-corrected chi connectivity index (χ1v) is 22.6. The predicted octanol–water partition coefficient (Wildman–Crippen LogP) is 7.98. The number of fused-ring (bicyclic) bond motifs is 6. The van der Waals surface area contributed by atoms with Crippen LogP contribution in [0.25, 0.3) is 44.5 Å². The van der Waals surface area contributed by atoms with Crippen molar-refractivity contribution >= 4 is 35.0 Å². The largest absolute Gasteiger partial charge is 0.453 e. The number of imidazole rings is 2. The fourth-order valence-electron chi connectivity index (χ4n) is 11.0. The van der Waals surface area contributed by atoms with Gasteiger partial charge in [0, 0.05) is 25.6 Å². The summed E-state index contributed by atoms with van der Waals surface area (Å²) in [4.78, 5) is 71.6. The number of H-pyrrole nitrogens is 2. The van der Waals surface area contributed by atoms with Gasteiger partial charge in [-0.15, -0.1) is 0 Å². The molecule has 0 radical (unpaired) electrons. The number of hydrogen-bond acceptors (Lipinski definition) is 9. The molecule has 4 aliphatic rings. The van der Waals surface area contributed by atoms with Gasteiger partial charge in [-0.2, -0.15) is 0 Å². The van der Waals surface area contributed by atoms with E-state index in [1.54, 1.807) is 12.0 Å². The number of benzene rings is 3. The molecule has 4 heterocycles. The fraction of sp³-hybridized carbons (Fsp3) is 0.469. The molecule has 3 aromatic carbocycles. The number of nitrogens with zero attached hydrogens (tertiary/aromatic N) is 4. The number of alkyl carbamates (subject to hydrolysis) is 2. The summed E-state index contributed by atoms with van der Waals surface area (Å²) in [6.45, 7) is 6.78. The summed E-state index contributed by atoms with van der Waals surface area (Å²) < 4.78 is 14.9. The maximum atomic E-state index is 14.0. The van der Waals surface area contributed by atoms with E-state index < -0.39 is 18.2 Å². The molecule has 1 saturated carbocycles. The van der Waals surface area contributed by atoms with Crippen LogP contribution in [0.4, 0.5) is 9.59 Å². The number of aromatic nitrogens is 4. The first-order chi connectivity index (χ1) is 31.0. The number of carbonyl (C=O) groups is 4. The number of methoxy groups -OCH3 is 3. The van der Waals surface area contributed by atoms with Crippen LogP contribution in [0, 0.1) is 11.8 Å². The van der Waals surface area contributed by atoms with Gasteiger partial charge >= 0.3 is 12.2 Å². The number of aromatic amines is 2. The van der Waals surface area contributed by atoms with Crippen molar-refractivity contribution in [2.75, 3.05) is 41.0 Å². The van der Waals surface area contributed by atoms with E-state index in [4.69, 9.17) is 19.4 Å². The molecule has 15 nitrogen and oxygen atoms in total. The Morgan fingerprint density at radius 2 is 1.48 bits per heavy atom. The lowest BCUT2D eigenvalue weighted by molar-refractivity contribution is -0.137. The molecule has 15 heteroatoms. The van der Waals surface area contributed by atoms with E-state index >= 15 is 0 Å². The van der Waals surface area contributed by atoms with Gasteiger partial charge in [0.2, 0.25) is 11.8 Å². The Hall–Kier alpha value is -6.22. The lowest BCUT2D eigenvalue weighted by Gasteiger charge is -2.32. The van der Waals surface area contributed by atoms with E-state index in [9.17, 15) is 19.2 Å². The minimum Gasteiger partial charge on any atom is -0.453 e. The zero-order chi connectivity index (χ0) is 44.8. The zero-order valence-electron chi connectivity index (χ0n) is 37.4. The lowest BCUT2D eigenvalue weighted by atomic mass is 9.81. The Morgan fingerprint density at radius 3 is 2.17 bits per heavy atom. The highest BCUT2D eigenvalue weighted by Crippen LogP contribution is 2.58. The summed E-state index contributed by atoms with van der Waals surface area (Å²) >= 11 is 0. The quantitative estimate of drug-likeness (QED) is 0.0966. The number of nitrogens with one attached hydrogen (secondary N) is 4. The number of hydrogen-bond donors (Lipinski definition) is 4. The minimum atomic E-state index is -0.706. The third kappa shape index (κ3) is 7.99. The molecule has 2 bridgehead atoms. The Balaban J connectivity index is 0.958. The van der Waals surface area contributed by atoms with Gasteiger partial charge in [-0.05, 0) is 114 Å². The van der Waals surface area contributed by atoms with E-state index in [0.717, 1.165) is 46.5 Å². The number of carbonyl (C=O) groups excluding carboxylic acids is 4. The Labute approximate surface area is 373 Å². The van der Waals surface area contributed by atoms with Gasteiger partial charge in [0.25, 0.3) is 0 Å². The fourth-order valence-corrected chi connectivity index (χ4v) is 11.0. The van der Waals surface area contributed by atoms with Gasteiger partial charge in [0.1, 0.15) is 24.2 Å². The van der Waals surface area contributed by atoms with Gasteiger partial charge < -0.3 is 44.6 Å². The molecular formula is C49H58N8O7. The molecule has 2 aromatic heterocycles. The summed E-state index contributed by atoms with van der Waals surface area (Å²) in [5.74, 6) is 2.19. The average molecular weight is 871 g/mol. The third-order valence-electron chi connectivity index (χ3n) is 14.1. The minimum absolute atomic E-state index is 0.000658.